The summed E-state index contributed by atoms with van der Waals surface area (Å²) in [6, 6.07) is 3.73. The largest absolute Gasteiger partial charge is 0.478 e. The fourth-order valence-corrected chi connectivity index (χ4v) is 2.80. The minimum absolute atomic E-state index is 0.0564. The molecule has 6 nitrogen and oxygen atoms in total. The molecule has 2 heterocycles. The van der Waals surface area contributed by atoms with Crippen molar-refractivity contribution in [3.8, 4) is 0 Å². The van der Waals surface area contributed by atoms with Crippen molar-refractivity contribution in [2.24, 2.45) is 5.16 Å². The van der Waals surface area contributed by atoms with E-state index < -0.39 is 41.7 Å². The molecule has 1 N–H and O–H groups in total. The number of benzene rings is 1. The Morgan fingerprint density at radius 2 is 1.86 bits per heavy atom. The fraction of sp³-hybridized carbons (Fsp3) is 0.294. The van der Waals surface area contributed by atoms with E-state index >= 15 is 0 Å². The molecule has 1 aliphatic rings. The molecule has 1 aliphatic heterocycles. The van der Waals surface area contributed by atoms with Crippen molar-refractivity contribution in [3.05, 3.63) is 58.7 Å². The zero-order valence-electron chi connectivity index (χ0n) is 14.5. The summed E-state index contributed by atoms with van der Waals surface area (Å²) in [5.41, 5.74) is -5.81. The van der Waals surface area contributed by atoms with Gasteiger partial charge in [-0.2, -0.15) is 26.3 Å². The summed E-state index contributed by atoms with van der Waals surface area (Å²) in [6.45, 7) is 1.44. The number of alkyl halides is 6. The number of rotatable bonds is 3. The number of carboxylic acid groups (broad SMARTS) is 1. The summed E-state index contributed by atoms with van der Waals surface area (Å²) >= 11 is 0. The van der Waals surface area contributed by atoms with E-state index in [4.69, 9.17) is 5.11 Å². The predicted molar refractivity (Wildman–Crippen MR) is 85.1 cm³/mol. The first-order valence-electron chi connectivity index (χ1n) is 7.91. The number of hydrogen-bond donors (Lipinski definition) is 1. The summed E-state index contributed by atoms with van der Waals surface area (Å²) in [5, 5.41) is 12.5. The Bertz CT molecular complexity index is 1000. The number of carbonyl (C=O) groups is 1. The first kappa shape index (κ1) is 20.6. The van der Waals surface area contributed by atoms with Crippen LogP contribution in [0.25, 0.3) is 0 Å². The van der Waals surface area contributed by atoms with E-state index in [1.54, 1.807) is 0 Å². The van der Waals surface area contributed by atoms with Crippen LogP contribution in [0.1, 0.15) is 39.3 Å². The highest BCUT2D eigenvalue weighted by molar-refractivity contribution is 6.03. The second-order valence-electron chi connectivity index (χ2n) is 6.25. The maximum Gasteiger partial charge on any atom is 0.437 e. The number of hydrogen-bond acceptors (Lipinski definition) is 5. The lowest BCUT2D eigenvalue weighted by molar-refractivity contribution is -0.277. The van der Waals surface area contributed by atoms with Gasteiger partial charge in [-0.15, -0.1) is 0 Å². The Balaban J connectivity index is 2.02. The van der Waals surface area contributed by atoms with Crippen LogP contribution in [0, 0.1) is 6.92 Å². The van der Waals surface area contributed by atoms with Gasteiger partial charge in [0, 0.05) is 0 Å². The van der Waals surface area contributed by atoms with Crippen molar-refractivity contribution in [3.63, 3.8) is 0 Å². The molecule has 1 aromatic carbocycles. The fourth-order valence-electron chi connectivity index (χ4n) is 2.80. The first-order chi connectivity index (χ1) is 13.3. The van der Waals surface area contributed by atoms with Crippen molar-refractivity contribution in [1.82, 2.24) is 9.97 Å². The third-order valence-corrected chi connectivity index (χ3v) is 4.31. The highest BCUT2D eigenvalue weighted by Crippen LogP contribution is 2.48. The molecule has 1 atom stereocenters. The topological polar surface area (TPSA) is 84.7 Å². The Morgan fingerprint density at radius 3 is 2.41 bits per heavy atom. The number of carboxylic acids is 1. The van der Waals surface area contributed by atoms with Gasteiger partial charge in [0.15, 0.2) is 5.69 Å². The number of nitrogens with zero attached hydrogens (tertiary/aromatic N) is 3. The SMILES string of the molecule is Cc1cc(C2=NOC(c3cncc(C(F)(F)F)n3)(C(F)(F)F)C2)ccc1C(=O)O. The van der Waals surface area contributed by atoms with Crippen molar-refractivity contribution < 1.29 is 41.1 Å². The van der Waals surface area contributed by atoms with Crippen LogP contribution in [0.4, 0.5) is 26.3 Å². The summed E-state index contributed by atoms with van der Waals surface area (Å²) in [6.07, 6.45) is -10.3. The monoisotopic (exact) mass is 419 g/mol. The van der Waals surface area contributed by atoms with Gasteiger partial charge in [-0.25, -0.2) is 9.78 Å². The van der Waals surface area contributed by atoms with Crippen molar-refractivity contribution in [2.45, 2.75) is 31.3 Å². The molecule has 1 unspecified atom stereocenters. The van der Waals surface area contributed by atoms with Crippen molar-refractivity contribution >= 4 is 11.7 Å². The molecule has 0 radical (unpaired) electrons. The third-order valence-electron chi connectivity index (χ3n) is 4.31. The van der Waals surface area contributed by atoms with Gasteiger partial charge in [0.1, 0.15) is 5.69 Å². The highest BCUT2D eigenvalue weighted by atomic mass is 19.4. The molecule has 0 fully saturated rings. The minimum Gasteiger partial charge on any atom is -0.478 e. The number of halogens is 6. The van der Waals surface area contributed by atoms with Gasteiger partial charge >= 0.3 is 18.3 Å². The predicted octanol–water partition coefficient (Wildman–Crippen LogP) is 4.08. The molecular weight excluding hydrogens is 408 g/mol. The molecule has 0 saturated heterocycles. The van der Waals surface area contributed by atoms with E-state index in [-0.39, 0.29) is 22.4 Å². The lowest BCUT2D eigenvalue weighted by atomic mass is 9.89. The normalized spacial score (nSPS) is 19.6. The smallest absolute Gasteiger partial charge is 0.437 e. The average molecular weight is 419 g/mol. The van der Waals surface area contributed by atoms with E-state index in [1.807, 2.05) is 0 Å². The van der Waals surface area contributed by atoms with Crippen LogP contribution >= 0.6 is 0 Å². The third kappa shape index (κ3) is 3.61. The van der Waals surface area contributed by atoms with Gasteiger partial charge < -0.3 is 9.94 Å². The second kappa shape index (κ2) is 6.71. The van der Waals surface area contributed by atoms with Gasteiger partial charge in [0.2, 0.25) is 0 Å². The molecule has 3 rings (SSSR count). The van der Waals surface area contributed by atoms with Gasteiger partial charge in [0.05, 0.1) is 30.1 Å². The van der Waals surface area contributed by atoms with Crippen molar-refractivity contribution in [2.75, 3.05) is 0 Å². The molecule has 0 spiro atoms. The summed E-state index contributed by atoms with van der Waals surface area (Å²) in [4.78, 5) is 22.0. The lowest BCUT2D eigenvalue weighted by Gasteiger charge is -2.28. The van der Waals surface area contributed by atoms with E-state index in [1.165, 1.54) is 25.1 Å². The van der Waals surface area contributed by atoms with E-state index in [2.05, 4.69) is 20.0 Å². The number of aryl methyl sites for hydroxylation is 1. The number of aromatic carboxylic acids is 1. The molecule has 29 heavy (non-hydrogen) atoms. The van der Waals surface area contributed by atoms with Crippen LogP contribution < -0.4 is 0 Å². The minimum atomic E-state index is -5.16. The zero-order valence-corrected chi connectivity index (χ0v) is 14.5. The summed E-state index contributed by atoms with van der Waals surface area (Å²) in [7, 11) is 0. The molecule has 0 saturated carbocycles. The molecule has 0 amide bonds. The molecule has 154 valence electrons. The molecule has 1 aromatic heterocycles. The van der Waals surface area contributed by atoms with E-state index in [0.717, 1.165) is 0 Å². The Morgan fingerprint density at radius 1 is 1.17 bits per heavy atom. The van der Waals surface area contributed by atoms with Gasteiger partial charge in [-0.1, -0.05) is 11.2 Å². The molecule has 0 bridgehead atoms. The van der Waals surface area contributed by atoms with Crippen LogP contribution in [0.3, 0.4) is 0 Å². The molecular formula is C17H11F6N3O3. The molecule has 2 aromatic rings. The first-order valence-corrected chi connectivity index (χ1v) is 7.91. The standard InChI is InChI=1S/C17H11F6N3O3/c1-8-4-9(2-3-10(8)14(27)28)11-5-15(29-26-11,17(21,22)23)12-6-24-7-13(25-12)16(18,19)20/h2-4,6-7H,5H2,1H3,(H,27,28). The maximum absolute atomic E-state index is 13.8. The van der Waals surface area contributed by atoms with Crippen LogP contribution in [0.2, 0.25) is 0 Å². The lowest BCUT2D eigenvalue weighted by Crippen LogP contribution is -2.43. The van der Waals surface area contributed by atoms with Gasteiger partial charge in [-0.3, -0.25) is 4.98 Å². The van der Waals surface area contributed by atoms with Crippen LogP contribution in [0.5, 0.6) is 0 Å². The van der Waals surface area contributed by atoms with Gasteiger partial charge in [0.25, 0.3) is 5.60 Å². The Labute approximate surface area is 158 Å². The quantitative estimate of drug-likeness (QED) is 0.758. The number of oxime groups is 1. The highest BCUT2D eigenvalue weighted by Gasteiger charge is 2.64. The van der Waals surface area contributed by atoms with Crippen LogP contribution in [-0.4, -0.2) is 32.9 Å². The summed E-state index contributed by atoms with van der Waals surface area (Å²) in [5.74, 6) is -1.22. The van der Waals surface area contributed by atoms with Crippen LogP contribution in [-0.2, 0) is 16.6 Å². The van der Waals surface area contributed by atoms with Gasteiger partial charge in [-0.05, 0) is 30.2 Å². The van der Waals surface area contributed by atoms with Crippen LogP contribution in [0.15, 0.2) is 35.7 Å². The average Bonchev–Trinajstić information content (AvgIpc) is 3.07. The van der Waals surface area contributed by atoms with E-state index in [0.29, 0.717) is 12.4 Å². The molecule has 12 heteroatoms. The molecule has 0 aliphatic carbocycles. The number of aromatic nitrogens is 2. The Hall–Kier alpha value is -3.18. The second-order valence-corrected chi connectivity index (χ2v) is 6.25. The maximum atomic E-state index is 13.8. The van der Waals surface area contributed by atoms with Crippen molar-refractivity contribution in [1.29, 1.82) is 0 Å². The van der Waals surface area contributed by atoms with E-state index in [9.17, 15) is 31.1 Å². The summed E-state index contributed by atoms with van der Waals surface area (Å²) < 4.78 is 80.1. The zero-order chi connectivity index (χ0) is 21.6. The Kier molecular flexibility index (Phi) is 4.75.